The summed E-state index contributed by atoms with van der Waals surface area (Å²) in [4.78, 5) is 10.9. The van der Waals surface area contributed by atoms with Crippen molar-refractivity contribution in [3.63, 3.8) is 0 Å². The van der Waals surface area contributed by atoms with Gasteiger partial charge in [0, 0.05) is 12.7 Å². The summed E-state index contributed by atoms with van der Waals surface area (Å²) in [5, 5.41) is 19.3. The molecule has 0 saturated carbocycles. The minimum Gasteiger partial charge on any atom is -0.497 e. The van der Waals surface area contributed by atoms with E-state index in [0.717, 1.165) is 0 Å². The molecule has 0 bridgehead atoms. The Morgan fingerprint density at radius 1 is 1.16 bits per heavy atom. The molecule has 0 fully saturated rings. The van der Waals surface area contributed by atoms with Crippen LogP contribution in [-0.2, 0) is 4.74 Å². The standard InChI is InChI=1S/C17H16F2O6/c1-23-8-25-14-4-3-10(24-2)7-11(14)16(20)15-12(18)5-9(17(21)22)6-13(15)19/h3-7,16,20H,8H2,1-2H3,(H,21,22). The van der Waals surface area contributed by atoms with Crippen LogP contribution in [0.15, 0.2) is 30.3 Å². The van der Waals surface area contributed by atoms with E-state index in [1.54, 1.807) is 6.07 Å². The Bertz CT molecular complexity index is 755. The van der Waals surface area contributed by atoms with Gasteiger partial charge in [0.15, 0.2) is 6.79 Å². The van der Waals surface area contributed by atoms with Crippen molar-refractivity contribution in [1.29, 1.82) is 0 Å². The van der Waals surface area contributed by atoms with Gasteiger partial charge in [0.2, 0.25) is 0 Å². The maximum absolute atomic E-state index is 14.2. The number of hydrogen-bond acceptors (Lipinski definition) is 5. The fraction of sp³-hybridized carbons (Fsp3) is 0.235. The summed E-state index contributed by atoms with van der Waals surface area (Å²) in [6.07, 6.45) is -1.75. The van der Waals surface area contributed by atoms with E-state index in [1.807, 2.05) is 0 Å². The molecule has 0 amide bonds. The average Bonchev–Trinajstić information content (AvgIpc) is 2.58. The van der Waals surface area contributed by atoms with Crippen LogP contribution in [0.25, 0.3) is 0 Å². The number of aliphatic hydroxyl groups excluding tert-OH is 1. The second-order valence-electron chi connectivity index (χ2n) is 5.02. The number of aromatic carboxylic acids is 1. The van der Waals surface area contributed by atoms with Crippen LogP contribution in [0.4, 0.5) is 8.78 Å². The van der Waals surface area contributed by atoms with Gasteiger partial charge in [-0.25, -0.2) is 13.6 Å². The number of aliphatic hydroxyl groups is 1. The van der Waals surface area contributed by atoms with Gasteiger partial charge in [-0.15, -0.1) is 0 Å². The molecule has 2 aromatic carbocycles. The van der Waals surface area contributed by atoms with Crippen LogP contribution in [0.2, 0.25) is 0 Å². The van der Waals surface area contributed by atoms with E-state index in [1.165, 1.54) is 26.4 Å². The minimum atomic E-state index is -1.75. The van der Waals surface area contributed by atoms with Crippen molar-refractivity contribution in [1.82, 2.24) is 0 Å². The van der Waals surface area contributed by atoms with Crippen LogP contribution in [0, 0.1) is 11.6 Å². The van der Waals surface area contributed by atoms with Crippen molar-refractivity contribution in [3.05, 3.63) is 58.7 Å². The summed E-state index contributed by atoms with van der Waals surface area (Å²) >= 11 is 0. The fourth-order valence-corrected chi connectivity index (χ4v) is 2.25. The molecule has 1 unspecified atom stereocenters. The molecule has 134 valence electrons. The predicted octanol–water partition coefficient (Wildman–Crippen LogP) is 2.74. The van der Waals surface area contributed by atoms with Gasteiger partial charge >= 0.3 is 5.97 Å². The van der Waals surface area contributed by atoms with Crippen LogP contribution in [0.1, 0.15) is 27.6 Å². The lowest BCUT2D eigenvalue weighted by molar-refractivity contribution is 0.0486. The Morgan fingerprint density at radius 2 is 1.80 bits per heavy atom. The number of ether oxygens (including phenoxy) is 3. The summed E-state index contributed by atoms with van der Waals surface area (Å²) in [6.45, 7) is -0.144. The third-order valence-corrected chi connectivity index (χ3v) is 3.44. The van der Waals surface area contributed by atoms with E-state index in [2.05, 4.69) is 0 Å². The van der Waals surface area contributed by atoms with Gasteiger partial charge in [0.25, 0.3) is 0 Å². The number of carboxylic acid groups (broad SMARTS) is 1. The van der Waals surface area contributed by atoms with E-state index in [0.29, 0.717) is 17.9 Å². The Kier molecular flexibility index (Phi) is 5.89. The quantitative estimate of drug-likeness (QED) is 0.744. The smallest absolute Gasteiger partial charge is 0.335 e. The second-order valence-corrected chi connectivity index (χ2v) is 5.02. The lowest BCUT2D eigenvalue weighted by Crippen LogP contribution is -2.11. The molecule has 2 aromatic rings. The number of carboxylic acids is 1. The molecule has 0 spiro atoms. The maximum Gasteiger partial charge on any atom is 0.335 e. The van der Waals surface area contributed by atoms with Crippen LogP contribution in [0.3, 0.4) is 0 Å². The van der Waals surface area contributed by atoms with Crippen molar-refractivity contribution >= 4 is 5.97 Å². The van der Waals surface area contributed by atoms with E-state index < -0.39 is 34.8 Å². The zero-order valence-corrected chi connectivity index (χ0v) is 13.5. The number of carbonyl (C=O) groups is 1. The van der Waals surface area contributed by atoms with Crippen LogP contribution < -0.4 is 9.47 Å². The molecule has 25 heavy (non-hydrogen) atoms. The molecule has 0 saturated heterocycles. The molecule has 2 rings (SSSR count). The van der Waals surface area contributed by atoms with E-state index in [4.69, 9.17) is 19.3 Å². The van der Waals surface area contributed by atoms with Gasteiger partial charge < -0.3 is 24.4 Å². The lowest BCUT2D eigenvalue weighted by Gasteiger charge is -2.18. The number of benzene rings is 2. The monoisotopic (exact) mass is 354 g/mol. The first-order valence-corrected chi connectivity index (χ1v) is 7.09. The van der Waals surface area contributed by atoms with Crippen LogP contribution in [-0.4, -0.2) is 37.2 Å². The van der Waals surface area contributed by atoms with Crippen molar-refractivity contribution < 1.29 is 38.0 Å². The molecule has 2 N–H and O–H groups in total. The predicted molar refractivity (Wildman–Crippen MR) is 82.9 cm³/mol. The maximum atomic E-state index is 14.2. The van der Waals surface area contributed by atoms with Crippen molar-refractivity contribution in [2.45, 2.75) is 6.10 Å². The molecule has 1 atom stereocenters. The van der Waals surface area contributed by atoms with Gasteiger partial charge in [-0.3, -0.25) is 0 Å². The highest BCUT2D eigenvalue weighted by Gasteiger charge is 2.25. The van der Waals surface area contributed by atoms with E-state index in [-0.39, 0.29) is 18.1 Å². The Balaban J connectivity index is 2.52. The Labute approximate surface area is 142 Å². The minimum absolute atomic E-state index is 0.0391. The Hall–Kier alpha value is -2.71. The fourth-order valence-electron chi connectivity index (χ4n) is 2.25. The van der Waals surface area contributed by atoms with E-state index >= 15 is 0 Å². The number of methoxy groups -OCH3 is 2. The van der Waals surface area contributed by atoms with Gasteiger partial charge in [0.05, 0.1) is 18.2 Å². The molecule has 0 radical (unpaired) electrons. The molecular formula is C17H16F2O6. The first kappa shape index (κ1) is 18.6. The zero-order valence-electron chi connectivity index (χ0n) is 13.5. The van der Waals surface area contributed by atoms with Crippen molar-refractivity contribution in [2.24, 2.45) is 0 Å². The third kappa shape index (κ3) is 4.04. The molecular weight excluding hydrogens is 338 g/mol. The molecule has 6 nitrogen and oxygen atoms in total. The zero-order chi connectivity index (χ0) is 18.6. The van der Waals surface area contributed by atoms with E-state index in [9.17, 15) is 18.7 Å². The lowest BCUT2D eigenvalue weighted by atomic mass is 9.98. The normalized spacial score (nSPS) is 11.9. The second kappa shape index (κ2) is 7.91. The molecule has 0 aliphatic rings. The number of rotatable bonds is 7. The Morgan fingerprint density at radius 3 is 2.32 bits per heavy atom. The summed E-state index contributed by atoms with van der Waals surface area (Å²) in [5.41, 5.74) is -1.22. The van der Waals surface area contributed by atoms with Gasteiger partial charge in [-0.05, 0) is 30.3 Å². The van der Waals surface area contributed by atoms with Gasteiger partial charge in [-0.1, -0.05) is 0 Å². The van der Waals surface area contributed by atoms with Crippen LogP contribution in [0.5, 0.6) is 11.5 Å². The molecule has 0 aliphatic carbocycles. The summed E-state index contributed by atoms with van der Waals surface area (Å²) in [6, 6.07) is 5.64. The largest absolute Gasteiger partial charge is 0.497 e. The van der Waals surface area contributed by atoms with Gasteiger partial charge in [-0.2, -0.15) is 0 Å². The first-order chi connectivity index (χ1) is 11.9. The average molecular weight is 354 g/mol. The summed E-state index contributed by atoms with van der Waals surface area (Å²) in [5.74, 6) is -3.39. The highest BCUT2D eigenvalue weighted by Crippen LogP contribution is 2.35. The summed E-state index contributed by atoms with van der Waals surface area (Å²) in [7, 11) is 2.79. The number of halogens is 2. The highest BCUT2D eigenvalue weighted by molar-refractivity contribution is 5.87. The molecule has 8 heteroatoms. The third-order valence-electron chi connectivity index (χ3n) is 3.44. The highest BCUT2D eigenvalue weighted by atomic mass is 19.1. The van der Waals surface area contributed by atoms with Gasteiger partial charge in [0.1, 0.15) is 29.2 Å². The molecule has 0 heterocycles. The SMILES string of the molecule is COCOc1ccc(OC)cc1C(O)c1c(F)cc(C(=O)O)cc1F. The molecule has 0 aromatic heterocycles. The van der Waals surface area contributed by atoms with Crippen molar-refractivity contribution in [2.75, 3.05) is 21.0 Å². The summed E-state index contributed by atoms with van der Waals surface area (Å²) < 4.78 is 43.6. The molecule has 0 aliphatic heterocycles. The van der Waals surface area contributed by atoms with Crippen molar-refractivity contribution in [3.8, 4) is 11.5 Å². The van der Waals surface area contributed by atoms with Crippen LogP contribution >= 0.6 is 0 Å². The topological polar surface area (TPSA) is 85.2 Å². The first-order valence-electron chi connectivity index (χ1n) is 7.09. The number of hydrogen-bond donors (Lipinski definition) is 2.